The zero-order valence-electron chi connectivity index (χ0n) is 20.2. The Balaban J connectivity index is 1.27. The van der Waals surface area contributed by atoms with Crippen molar-refractivity contribution < 1.29 is 19.1 Å². The molecular weight excluding hydrogens is 510 g/mol. The van der Waals surface area contributed by atoms with Gasteiger partial charge in [0.25, 0.3) is 0 Å². The van der Waals surface area contributed by atoms with Crippen molar-refractivity contribution in [1.29, 1.82) is 0 Å². The molecule has 1 aliphatic carbocycles. The molecule has 3 aromatic carbocycles. The summed E-state index contributed by atoms with van der Waals surface area (Å²) in [5, 5.41) is 7.97. The SMILES string of the molecule is COC(=O)C1(c2ccc(-c3ccc(-c4nnsc4NC(=O)O[C@H](C)c4ccccc4Cl)cc3)cc2)CC1. The average molecular weight is 534 g/mol. The van der Waals surface area contributed by atoms with Crippen LogP contribution < -0.4 is 5.32 Å². The summed E-state index contributed by atoms with van der Waals surface area (Å²) in [6.45, 7) is 1.76. The van der Waals surface area contributed by atoms with Gasteiger partial charge in [-0.25, -0.2) is 4.79 Å². The molecule has 7 nitrogen and oxygen atoms in total. The molecule has 1 N–H and O–H groups in total. The van der Waals surface area contributed by atoms with Gasteiger partial charge in [-0.1, -0.05) is 82.8 Å². The molecule has 1 aromatic heterocycles. The van der Waals surface area contributed by atoms with Crippen LogP contribution in [0, 0.1) is 0 Å². The quantitative estimate of drug-likeness (QED) is 0.256. The maximum atomic E-state index is 12.5. The topological polar surface area (TPSA) is 90.4 Å². The van der Waals surface area contributed by atoms with E-state index < -0.39 is 17.6 Å². The average Bonchev–Trinajstić information content (AvgIpc) is 3.61. The van der Waals surface area contributed by atoms with Crippen molar-refractivity contribution in [3.8, 4) is 22.4 Å². The Morgan fingerprint density at radius 1 is 0.973 bits per heavy atom. The molecule has 1 fully saturated rings. The van der Waals surface area contributed by atoms with Crippen molar-refractivity contribution >= 4 is 40.2 Å². The Morgan fingerprint density at radius 2 is 1.59 bits per heavy atom. The number of halogens is 1. The van der Waals surface area contributed by atoms with Crippen LogP contribution in [-0.2, 0) is 19.7 Å². The smallest absolute Gasteiger partial charge is 0.412 e. The molecular formula is C28H24ClN3O4S. The fourth-order valence-corrected chi connectivity index (χ4v) is 5.21. The van der Waals surface area contributed by atoms with Crippen LogP contribution in [0.2, 0.25) is 5.02 Å². The Kier molecular flexibility index (Phi) is 6.95. The first-order chi connectivity index (χ1) is 17.9. The van der Waals surface area contributed by atoms with Crippen molar-refractivity contribution in [2.45, 2.75) is 31.3 Å². The van der Waals surface area contributed by atoms with E-state index in [4.69, 9.17) is 21.1 Å². The van der Waals surface area contributed by atoms with Crippen LogP contribution in [-0.4, -0.2) is 28.8 Å². The number of hydrogen-bond acceptors (Lipinski definition) is 7. The number of rotatable bonds is 7. The van der Waals surface area contributed by atoms with Gasteiger partial charge >= 0.3 is 12.1 Å². The second-order valence-electron chi connectivity index (χ2n) is 8.87. The molecule has 9 heteroatoms. The number of carbonyl (C=O) groups is 2. The van der Waals surface area contributed by atoms with Crippen LogP contribution in [0.25, 0.3) is 22.4 Å². The van der Waals surface area contributed by atoms with Crippen LogP contribution in [0.1, 0.15) is 37.0 Å². The largest absolute Gasteiger partial charge is 0.468 e. The predicted octanol–water partition coefficient (Wildman–Crippen LogP) is 7.04. The van der Waals surface area contributed by atoms with Crippen LogP contribution in [0.15, 0.2) is 72.8 Å². The minimum Gasteiger partial charge on any atom is -0.468 e. The maximum Gasteiger partial charge on any atom is 0.412 e. The number of hydrogen-bond donors (Lipinski definition) is 1. The van der Waals surface area contributed by atoms with E-state index in [1.165, 1.54) is 7.11 Å². The third-order valence-electron chi connectivity index (χ3n) is 6.59. The summed E-state index contributed by atoms with van der Waals surface area (Å²) in [5.74, 6) is -0.173. The minimum atomic E-state index is -0.614. The lowest BCUT2D eigenvalue weighted by Gasteiger charge is -2.15. The lowest BCUT2D eigenvalue weighted by atomic mass is 9.93. The van der Waals surface area contributed by atoms with E-state index in [9.17, 15) is 9.59 Å². The van der Waals surface area contributed by atoms with Crippen molar-refractivity contribution in [2.75, 3.05) is 12.4 Å². The number of methoxy groups -OCH3 is 1. The van der Waals surface area contributed by atoms with E-state index in [0.29, 0.717) is 15.7 Å². The molecule has 37 heavy (non-hydrogen) atoms. The molecule has 1 aliphatic rings. The molecule has 188 valence electrons. The molecule has 5 rings (SSSR count). The second kappa shape index (κ2) is 10.3. The first-order valence-electron chi connectivity index (χ1n) is 11.8. The standard InChI is InChI=1S/C28H24ClN3O4S/c1-17(22-5-3-4-6-23(22)29)36-27(34)30-25-24(31-32-37-25)20-9-7-18(8-10-20)19-11-13-21(14-12-19)28(15-16-28)26(33)35-2/h3-14,17H,15-16H2,1-2H3,(H,30,34)/t17-/m1/s1. The molecule has 0 bridgehead atoms. The van der Waals surface area contributed by atoms with Gasteiger partial charge in [-0.05, 0) is 42.5 Å². The summed E-state index contributed by atoms with van der Waals surface area (Å²) < 4.78 is 14.5. The van der Waals surface area contributed by atoms with Gasteiger partial charge in [0.05, 0.1) is 12.5 Å². The van der Waals surface area contributed by atoms with Crippen LogP contribution in [0.5, 0.6) is 0 Å². The summed E-state index contributed by atoms with van der Waals surface area (Å²) in [4.78, 5) is 24.7. The maximum absolute atomic E-state index is 12.5. The number of nitrogens with zero attached hydrogens (tertiary/aromatic N) is 2. The molecule has 1 saturated carbocycles. The number of ether oxygens (including phenoxy) is 2. The van der Waals surface area contributed by atoms with Gasteiger partial charge in [-0.3, -0.25) is 10.1 Å². The monoisotopic (exact) mass is 533 g/mol. The summed E-state index contributed by atoms with van der Waals surface area (Å²) in [7, 11) is 1.43. The Bertz CT molecular complexity index is 1430. The lowest BCUT2D eigenvalue weighted by molar-refractivity contribution is -0.143. The number of benzene rings is 3. The van der Waals surface area contributed by atoms with E-state index in [1.54, 1.807) is 13.0 Å². The number of aromatic nitrogens is 2. The predicted molar refractivity (Wildman–Crippen MR) is 144 cm³/mol. The van der Waals surface area contributed by atoms with Crippen LogP contribution in [0.4, 0.5) is 9.80 Å². The molecule has 1 atom stereocenters. The highest BCUT2D eigenvalue weighted by Gasteiger charge is 2.52. The fourth-order valence-electron chi connectivity index (χ4n) is 4.35. The molecule has 0 saturated heterocycles. The van der Waals surface area contributed by atoms with Gasteiger partial charge in [-0.2, -0.15) is 0 Å². The number of esters is 1. The number of carbonyl (C=O) groups excluding carboxylic acids is 2. The van der Waals surface area contributed by atoms with E-state index >= 15 is 0 Å². The normalized spacial score (nSPS) is 14.5. The molecule has 0 aliphatic heterocycles. The lowest BCUT2D eigenvalue weighted by Crippen LogP contribution is -2.21. The van der Waals surface area contributed by atoms with Crippen molar-refractivity contribution in [2.24, 2.45) is 0 Å². The molecule has 1 heterocycles. The number of amides is 1. The van der Waals surface area contributed by atoms with Gasteiger partial charge in [0.2, 0.25) is 0 Å². The zero-order chi connectivity index (χ0) is 26.0. The van der Waals surface area contributed by atoms with E-state index in [1.807, 2.05) is 66.7 Å². The minimum absolute atomic E-state index is 0.173. The molecule has 1 amide bonds. The second-order valence-corrected chi connectivity index (χ2v) is 10.0. The Hall–Kier alpha value is -3.75. The zero-order valence-corrected chi connectivity index (χ0v) is 21.8. The summed E-state index contributed by atoms with van der Waals surface area (Å²) >= 11 is 7.28. The third kappa shape index (κ3) is 5.08. The summed E-state index contributed by atoms with van der Waals surface area (Å²) in [6, 6.07) is 23.1. The van der Waals surface area contributed by atoms with Crippen LogP contribution in [0.3, 0.4) is 0 Å². The first-order valence-corrected chi connectivity index (χ1v) is 12.9. The van der Waals surface area contributed by atoms with E-state index in [0.717, 1.165) is 52.2 Å². The first kappa shape index (κ1) is 24.9. The van der Waals surface area contributed by atoms with Crippen molar-refractivity contribution in [3.63, 3.8) is 0 Å². The highest BCUT2D eigenvalue weighted by Crippen LogP contribution is 2.49. The van der Waals surface area contributed by atoms with Crippen molar-refractivity contribution in [3.05, 3.63) is 88.9 Å². The van der Waals surface area contributed by atoms with Gasteiger partial charge in [0.1, 0.15) is 16.8 Å². The van der Waals surface area contributed by atoms with Crippen LogP contribution >= 0.6 is 23.1 Å². The van der Waals surface area contributed by atoms with Gasteiger partial charge < -0.3 is 9.47 Å². The number of nitrogens with one attached hydrogen (secondary N) is 1. The molecule has 0 radical (unpaired) electrons. The molecule has 0 spiro atoms. The summed E-state index contributed by atoms with van der Waals surface area (Å²) in [5.41, 5.74) is 4.65. The van der Waals surface area contributed by atoms with Gasteiger partial charge in [-0.15, -0.1) is 5.10 Å². The highest BCUT2D eigenvalue weighted by atomic mass is 35.5. The van der Waals surface area contributed by atoms with Gasteiger partial charge in [0, 0.05) is 27.7 Å². The molecule has 0 unspecified atom stereocenters. The van der Waals surface area contributed by atoms with Crippen molar-refractivity contribution in [1.82, 2.24) is 9.59 Å². The van der Waals surface area contributed by atoms with Gasteiger partial charge in [0.15, 0.2) is 0 Å². The fraction of sp³-hybridized carbons (Fsp3) is 0.214. The Labute approximate surface area is 223 Å². The van der Waals surface area contributed by atoms with E-state index in [2.05, 4.69) is 14.9 Å². The third-order valence-corrected chi connectivity index (χ3v) is 7.57. The Morgan fingerprint density at radius 3 is 2.22 bits per heavy atom. The molecule has 4 aromatic rings. The van der Waals surface area contributed by atoms with E-state index in [-0.39, 0.29) is 5.97 Å². The number of anilines is 1. The summed E-state index contributed by atoms with van der Waals surface area (Å²) in [6.07, 6.45) is 0.499. The highest BCUT2D eigenvalue weighted by molar-refractivity contribution is 7.10.